The number of hydrogen-bond donors (Lipinski definition) is 2. The monoisotopic (exact) mass is 470 g/mol. The second-order valence-electron chi connectivity index (χ2n) is 7.82. The molecule has 2 aromatic heterocycles. The minimum Gasteiger partial charge on any atom is -0.465 e. The number of carbonyl (C=O) groups is 1. The van der Waals surface area contributed by atoms with Crippen LogP contribution in [0.2, 0.25) is 0 Å². The molecule has 10 heteroatoms. The molecule has 0 bridgehead atoms. The average molecular weight is 471 g/mol. The Kier molecular flexibility index (Phi) is 7.43. The summed E-state index contributed by atoms with van der Waals surface area (Å²) < 4.78 is 33.2. The molecule has 0 radical (unpaired) electrons. The summed E-state index contributed by atoms with van der Waals surface area (Å²) in [6.45, 7) is 6.86. The first-order valence-corrected chi connectivity index (χ1v) is 12.0. The number of pyridine rings is 1. The van der Waals surface area contributed by atoms with E-state index in [4.69, 9.17) is 4.74 Å². The molecule has 3 aromatic rings. The van der Waals surface area contributed by atoms with Gasteiger partial charge in [0.15, 0.2) is 6.04 Å². The third kappa shape index (κ3) is 5.54. The number of H-pyrrole nitrogens is 1. The van der Waals surface area contributed by atoms with Gasteiger partial charge in [0.25, 0.3) is 0 Å². The molecule has 0 amide bonds. The molecule has 0 aliphatic heterocycles. The van der Waals surface area contributed by atoms with Crippen LogP contribution in [0.15, 0.2) is 47.0 Å². The summed E-state index contributed by atoms with van der Waals surface area (Å²) in [5.41, 5.74) is 3.24. The predicted octanol–water partition coefficient (Wildman–Crippen LogP) is 2.48. The zero-order valence-corrected chi connectivity index (χ0v) is 19.7. The molecular formula is C23H26N4O5S. The number of carbonyl (C=O) groups excluding carboxylic acids is 2. The van der Waals surface area contributed by atoms with Crippen molar-refractivity contribution in [2.24, 2.45) is 5.92 Å². The quantitative estimate of drug-likeness (QED) is 0.363. The zero-order chi connectivity index (χ0) is 24.2. The van der Waals surface area contributed by atoms with E-state index in [1.165, 1.54) is 12.1 Å². The van der Waals surface area contributed by atoms with Gasteiger partial charge in [-0.15, -0.1) is 0 Å². The van der Waals surface area contributed by atoms with Crippen LogP contribution in [0, 0.1) is 12.8 Å². The molecule has 2 heterocycles. The lowest BCUT2D eigenvalue weighted by Crippen LogP contribution is -2.44. The number of nitrogens with zero attached hydrogens (tertiary/aromatic N) is 2. The standard InChI is InChI=1S/C23H26N4O5S/c1-5-32-23(29)21(18(13-28)14(2)3)27-33(30,31)17-8-6-16(7-9-17)12-20-22-19(10-11-24-20)25-15(4)26-22/h6-11,14,21,27H,5,12H2,1-4H3,(H,25,26)/t21-/m0/s1. The van der Waals surface area contributed by atoms with Gasteiger partial charge in [-0.25, -0.2) is 23.0 Å². The molecule has 0 unspecified atom stereocenters. The second-order valence-corrected chi connectivity index (χ2v) is 9.53. The summed E-state index contributed by atoms with van der Waals surface area (Å²) in [6.07, 6.45) is 2.16. The lowest BCUT2D eigenvalue weighted by atomic mass is 9.98. The molecule has 174 valence electrons. The highest BCUT2D eigenvalue weighted by Crippen LogP contribution is 2.20. The Morgan fingerprint density at radius 3 is 2.52 bits per heavy atom. The molecule has 2 N–H and O–H groups in total. The summed E-state index contributed by atoms with van der Waals surface area (Å²) in [5.74, 6) is 1.23. The third-order valence-corrected chi connectivity index (χ3v) is 6.49. The van der Waals surface area contributed by atoms with Crippen LogP contribution in [0.4, 0.5) is 0 Å². The second kappa shape index (κ2) is 10.1. The first-order chi connectivity index (χ1) is 15.7. The molecule has 1 atom stereocenters. The first kappa shape index (κ1) is 24.3. The van der Waals surface area contributed by atoms with Crippen molar-refractivity contribution in [3.8, 4) is 0 Å². The van der Waals surface area contributed by atoms with Crippen LogP contribution < -0.4 is 4.72 Å². The van der Waals surface area contributed by atoms with Gasteiger partial charge in [0, 0.05) is 18.2 Å². The van der Waals surface area contributed by atoms with E-state index in [1.54, 1.807) is 45.0 Å². The first-order valence-electron chi connectivity index (χ1n) is 10.5. The van der Waals surface area contributed by atoms with E-state index in [0.717, 1.165) is 28.1 Å². The van der Waals surface area contributed by atoms with Crippen LogP contribution in [-0.4, -0.2) is 47.9 Å². The molecule has 0 aliphatic carbocycles. The van der Waals surface area contributed by atoms with E-state index < -0.39 is 28.0 Å². The lowest BCUT2D eigenvalue weighted by Gasteiger charge is -2.20. The number of benzene rings is 1. The SMILES string of the molecule is CCOC(=O)[C@@H](NS(=O)(=O)c1ccc(Cc2nccc3[nH]c(C)nc23)cc1)C(=C=O)C(C)C. The van der Waals surface area contributed by atoms with Gasteiger partial charge in [-0.3, -0.25) is 4.98 Å². The van der Waals surface area contributed by atoms with Crippen molar-refractivity contribution in [3.05, 3.63) is 59.2 Å². The Bertz CT molecular complexity index is 1310. The van der Waals surface area contributed by atoms with Crippen LogP contribution >= 0.6 is 0 Å². The molecule has 0 saturated heterocycles. The normalized spacial score (nSPS) is 12.5. The number of aryl methyl sites for hydroxylation is 1. The summed E-state index contributed by atoms with van der Waals surface area (Å²) in [7, 11) is -4.12. The van der Waals surface area contributed by atoms with E-state index in [-0.39, 0.29) is 17.1 Å². The highest BCUT2D eigenvalue weighted by molar-refractivity contribution is 7.89. The zero-order valence-electron chi connectivity index (χ0n) is 18.9. The number of rotatable bonds is 9. The van der Waals surface area contributed by atoms with Gasteiger partial charge in [0.05, 0.1) is 22.7 Å². The van der Waals surface area contributed by atoms with E-state index >= 15 is 0 Å². The van der Waals surface area contributed by atoms with Gasteiger partial charge < -0.3 is 9.72 Å². The smallest absolute Gasteiger partial charge is 0.329 e. The number of esters is 1. The molecule has 33 heavy (non-hydrogen) atoms. The molecule has 9 nitrogen and oxygen atoms in total. The molecule has 0 aliphatic rings. The maximum Gasteiger partial charge on any atom is 0.329 e. The van der Waals surface area contributed by atoms with E-state index in [2.05, 4.69) is 19.7 Å². The van der Waals surface area contributed by atoms with Crippen molar-refractivity contribution in [1.82, 2.24) is 19.7 Å². The van der Waals surface area contributed by atoms with Crippen molar-refractivity contribution < 1.29 is 22.7 Å². The molecule has 0 spiro atoms. The number of aromatic nitrogens is 3. The fourth-order valence-corrected chi connectivity index (χ4v) is 4.58. The van der Waals surface area contributed by atoms with Gasteiger partial charge in [-0.05, 0) is 43.5 Å². The van der Waals surface area contributed by atoms with Gasteiger partial charge in [0.2, 0.25) is 10.0 Å². The topological polar surface area (TPSA) is 131 Å². The van der Waals surface area contributed by atoms with Gasteiger partial charge in [0.1, 0.15) is 17.3 Å². The van der Waals surface area contributed by atoms with Crippen molar-refractivity contribution in [3.63, 3.8) is 0 Å². The number of sulfonamides is 1. The van der Waals surface area contributed by atoms with Gasteiger partial charge in [-0.1, -0.05) is 26.0 Å². The lowest BCUT2D eigenvalue weighted by molar-refractivity contribution is -0.144. The maximum atomic E-state index is 13.0. The maximum absolute atomic E-state index is 13.0. The number of hydrogen-bond acceptors (Lipinski definition) is 7. The van der Waals surface area contributed by atoms with Crippen LogP contribution in [0.25, 0.3) is 11.0 Å². The molecular weight excluding hydrogens is 444 g/mol. The molecule has 3 rings (SSSR count). The Morgan fingerprint density at radius 1 is 1.21 bits per heavy atom. The van der Waals surface area contributed by atoms with Crippen LogP contribution in [0.3, 0.4) is 0 Å². The van der Waals surface area contributed by atoms with E-state index in [1.807, 2.05) is 13.0 Å². The third-order valence-electron chi connectivity index (χ3n) is 5.05. The van der Waals surface area contributed by atoms with E-state index in [0.29, 0.717) is 6.42 Å². The van der Waals surface area contributed by atoms with Crippen LogP contribution in [0.1, 0.15) is 37.9 Å². The average Bonchev–Trinajstić information content (AvgIpc) is 3.15. The van der Waals surface area contributed by atoms with Gasteiger partial charge in [-0.2, -0.15) is 4.72 Å². The number of imidazole rings is 1. The molecule has 0 fully saturated rings. The van der Waals surface area contributed by atoms with Gasteiger partial charge >= 0.3 is 5.97 Å². The van der Waals surface area contributed by atoms with Crippen molar-refractivity contribution in [1.29, 1.82) is 0 Å². The Labute approximate surface area is 192 Å². The number of aromatic amines is 1. The highest BCUT2D eigenvalue weighted by atomic mass is 32.2. The molecule has 1 aromatic carbocycles. The van der Waals surface area contributed by atoms with E-state index in [9.17, 15) is 18.0 Å². The number of ether oxygens (including phenoxy) is 1. The van der Waals surface area contributed by atoms with Crippen LogP contribution in [0.5, 0.6) is 0 Å². The molecule has 0 saturated carbocycles. The summed E-state index contributed by atoms with van der Waals surface area (Å²) in [6, 6.07) is 6.63. The summed E-state index contributed by atoms with van der Waals surface area (Å²) >= 11 is 0. The Morgan fingerprint density at radius 2 is 1.91 bits per heavy atom. The Hall–Kier alpha value is -3.33. The summed E-state index contributed by atoms with van der Waals surface area (Å²) in [4.78, 5) is 35.8. The Balaban J connectivity index is 1.84. The van der Waals surface area contributed by atoms with Crippen LogP contribution in [-0.2, 0) is 30.8 Å². The minimum atomic E-state index is -4.12. The van der Waals surface area contributed by atoms with Crippen molar-refractivity contribution >= 4 is 33.0 Å². The minimum absolute atomic E-state index is 0.0258. The fourth-order valence-electron chi connectivity index (χ4n) is 3.42. The fraction of sp³-hybridized carbons (Fsp3) is 0.348. The largest absolute Gasteiger partial charge is 0.465 e. The predicted molar refractivity (Wildman–Crippen MR) is 123 cm³/mol. The van der Waals surface area contributed by atoms with Crippen molar-refractivity contribution in [2.45, 2.75) is 45.1 Å². The highest BCUT2D eigenvalue weighted by Gasteiger charge is 2.32. The number of nitrogens with one attached hydrogen (secondary N) is 2. The van der Waals surface area contributed by atoms with Crippen molar-refractivity contribution in [2.75, 3.05) is 6.61 Å². The number of fused-ring (bicyclic) bond motifs is 1. The summed E-state index contributed by atoms with van der Waals surface area (Å²) in [5, 5.41) is 0.